The Bertz CT molecular complexity index is 382. The number of ether oxygens (including phenoxy) is 1. The van der Waals surface area contributed by atoms with Crippen LogP contribution in [-0.2, 0) is 11.3 Å². The van der Waals surface area contributed by atoms with Crippen molar-refractivity contribution in [1.82, 2.24) is 9.88 Å². The third kappa shape index (κ3) is 3.68. The van der Waals surface area contributed by atoms with Gasteiger partial charge in [0.15, 0.2) is 0 Å². The van der Waals surface area contributed by atoms with Crippen LogP contribution in [0.15, 0.2) is 23.1 Å². The molecule has 0 radical (unpaired) electrons. The molecule has 0 spiro atoms. The number of H-pyrrole nitrogens is 1. The molecule has 1 saturated heterocycles. The average Bonchev–Trinajstić information content (AvgIpc) is 2.77. The van der Waals surface area contributed by atoms with Crippen LogP contribution in [0.4, 0.5) is 0 Å². The van der Waals surface area contributed by atoms with Gasteiger partial charge in [-0.25, -0.2) is 0 Å². The zero-order valence-electron chi connectivity index (χ0n) is 10.3. The average molecular weight is 236 g/mol. The molecule has 1 aromatic heterocycles. The fraction of sp³-hybridized carbons (Fsp3) is 0.615. The minimum Gasteiger partial charge on any atom is -0.381 e. The smallest absolute Gasteiger partial charge is 0.247 e. The molecule has 17 heavy (non-hydrogen) atoms. The summed E-state index contributed by atoms with van der Waals surface area (Å²) in [6.07, 6.45) is 3.02. The number of hydrogen-bond acceptors (Lipinski definition) is 3. The standard InChI is InChI=1S/C13H20N2O2/c1-2-17-10-12-5-6-15(9-12)8-11-3-4-13(16)14-7-11/h3-4,7,12H,2,5-6,8-10H2,1H3,(H,14,16). The van der Waals surface area contributed by atoms with E-state index in [0.717, 1.165) is 32.8 Å². The monoisotopic (exact) mass is 236 g/mol. The van der Waals surface area contributed by atoms with Gasteiger partial charge in [-0.1, -0.05) is 6.07 Å². The SMILES string of the molecule is CCOCC1CCN(Cc2ccc(=O)[nH]c2)C1. The second-order valence-corrected chi connectivity index (χ2v) is 4.61. The van der Waals surface area contributed by atoms with E-state index < -0.39 is 0 Å². The van der Waals surface area contributed by atoms with Crippen LogP contribution in [0, 0.1) is 5.92 Å². The number of rotatable bonds is 5. The zero-order chi connectivity index (χ0) is 12.1. The van der Waals surface area contributed by atoms with Crippen LogP contribution >= 0.6 is 0 Å². The number of nitrogens with zero attached hydrogens (tertiary/aromatic N) is 1. The molecule has 1 fully saturated rings. The van der Waals surface area contributed by atoms with Gasteiger partial charge < -0.3 is 9.72 Å². The van der Waals surface area contributed by atoms with E-state index in [1.165, 1.54) is 12.0 Å². The number of hydrogen-bond donors (Lipinski definition) is 1. The van der Waals surface area contributed by atoms with Gasteiger partial charge in [0.25, 0.3) is 0 Å². The highest BCUT2D eigenvalue weighted by molar-refractivity contribution is 5.08. The first-order valence-corrected chi connectivity index (χ1v) is 6.25. The van der Waals surface area contributed by atoms with Crippen LogP contribution in [0.25, 0.3) is 0 Å². The Balaban J connectivity index is 1.81. The lowest BCUT2D eigenvalue weighted by atomic mass is 10.1. The highest BCUT2D eigenvalue weighted by Gasteiger charge is 2.22. The molecule has 1 atom stereocenters. The van der Waals surface area contributed by atoms with Crippen LogP contribution in [0.3, 0.4) is 0 Å². The molecule has 1 aliphatic rings. The van der Waals surface area contributed by atoms with Gasteiger partial charge >= 0.3 is 0 Å². The van der Waals surface area contributed by atoms with Crippen molar-refractivity contribution in [2.75, 3.05) is 26.3 Å². The molecule has 0 saturated carbocycles. The molecule has 2 heterocycles. The first-order chi connectivity index (χ1) is 8.28. The molecule has 4 nitrogen and oxygen atoms in total. The van der Waals surface area contributed by atoms with Gasteiger partial charge in [-0.2, -0.15) is 0 Å². The highest BCUT2D eigenvalue weighted by Crippen LogP contribution is 2.18. The first kappa shape index (κ1) is 12.3. The van der Waals surface area contributed by atoms with E-state index >= 15 is 0 Å². The van der Waals surface area contributed by atoms with Crippen LogP contribution in [0.1, 0.15) is 18.9 Å². The number of aromatic nitrogens is 1. The maximum atomic E-state index is 10.9. The molecule has 94 valence electrons. The van der Waals surface area contributed by atoms with Crippen LogP contribution < -0.4 is 5.56 Å². The number of aromatic amines is 1. The lowest BCUT2D eigenvalue weighted by Crippen LogP contribution is -2.22. The van der Waals surface area contributed by atoms with Gasteiger partial charge in [-0.15, -0.1) is 0 Å². The molecule has 4 heteroatoms. The van der Waals surface area contributed by atoms with Crippen molar-refractivity contribution in [3.8, 4) is 0 Å². The van der Waals surface area contributed by atoms with E-state index in [-0.39, 0.29) is 5.56 Å². The van der Waals surface area contributed by atoms with E-state index in [1.54, 1.807) is 12.3 Å². The topological polar surface area (TPSA) is 45.3 Å². The number of pyridine rings is 1. The van der Waals surface area contributed by atoms with Gasteiger partial charge in [-0.05, 0) is 31.4 Å². The molecule has 1 aliphatic heterocycles. The Hall–Kier alpha value is -1.13. The maximum absolute atomic E-state index is 10.9. The molecule has 0 bridgehead atoms. The summed E-state index contributed by atoms with van der Waals surface area (Å²) in [5.74, 6) is 0.665. The van der Waals surface area contributed by atoms with E-state index in [2.05, 4.69) is 9.88 Å². The Labute approximate surface area is 102 Å². The lowest BCUT2D eigenvalue weighted by Gasteiger charge is -2.15. The summed E-state index contributed by atoms with van der Waals surface area (Å²) in [7, 11) is 0. The quantitative estimate of drug-likeness (QED) is 0.836. The predicted molar refractivity (Wildman–Crippen MR) is 66.9 cm³/mol. The molecular weight excluding hydrogens is 216 g/mol. The summed E-state index contributed by atoms with van der Waals surface area (Å²) in [5, 5.41) is 0. The summed E-state index contributed by atoms with van der Waals surface area (Å²) in [6, 6.07) is 3.48. The molecule has 1 aromatic rings. The van der Waals surface area contributed by atoms with Crippen LogP contribution in [0.2, 0.25) is 0 Å². The van der Waals surface area contributed by atoms with E-state index in [1.807, 2.05) is 13.0 Å². The van der Waals surface area contributed by atoms with E-state index in [0.29, 0.717) is 5.92 Å². The van der Waals surface area contributed by atoms with Crippen molar-refractivity contribution in [3.05, 3.63) is 34.2 Å². The van der Waals surface area contributed by atoms with Crippen LogP contribution in [-0.4, -0.2) is 36.2 Å². The molecule has 0 amide bonds. The molecule has 1 N–H and O–H groups in total. The highest BCUT2D eigenvalue weighted by atomic mass is 16.5. The minimum absolute atomic E-state index is 0.0376. The van der Waals surface area contributed by atoms with Crippen molar-refractivity contribution in [1.29, 1.82) is 0 Å². The zero-order valence-corrected chi connectivity index (χ0v) is 10.3. The van der Waals surface area contributed by atoms with E-state index in [4.69, 9.17) is 4.74 Å². The largest absolute Gasteiger partial charge is 0.381 e. The predicted octanol–water partition coefficient (Wildman–Crippen LogP) is 1.23. The van der Waals surface area contributed by atoms with Gasteiger partial charge in [0.1, 0.15) is 0 Å². The van der Waals surface area contributed by atoms with Crippen molar-refractivity contribution >= 4 is 0 Å². The second-order valence-electron chi connectivity index (χ2n) is 4.61. The maximum Gasteiger partial charge on any atom is 0.247 e. The Kier molecular flexibility index (Phi) is 4.34. The van der Waals surface area contributed by atoms with Crippen molar-refractivity contribution in [2.45, 2.75) is 19.9 Å². The summed E-state index contributed by atoms with van der Waals surface area (Å²) < 4.78 is 5.46. The summed E-state index contributed by atoms with van der Waals surface area (Å²) >= 11 is 0. The second kappa shape index (κ2) is 5.98. The van der Waals surface area contributed by atoms with Gasteiger partial charge in [0.2, 0.25) is 5.56 Å². The summed E-state index contributed by atoms with van der Waals surface area (Å²) in [6.45, 7) is 6.84. The fourth-order valence-electron chi connectivity index (χ4n) is 2.28. The van der Waals surface area contributed by atoms with Crippen molar-refractivity contribution in [2.24, 2.45) is 5.92 Å². The molecule has 1 unspecified atom stereocenters. The summed E-state index contributed by atoms with van der Waals surface area (Å²) in [4.78, 5) is 16.1. The number of likely N-dealkylation sites (tertiary alicyclic amines) is 1. The van der Waals surface area contributed by atoms with Crippen molar-refractivity contribution < 1.29 is 4.74 Å². The number of nitrogens with one attached hydrogen (secondary N) is 1. The summed E-state index contributed by atoms with van der Waals surface area (Å²) in [5.41, 5.74) is 1.13. The first-order valence-electron chi connectivity index (χ1n) is 6.25. The Morgan fingerprint density at radius 3 is 3.12 bits per heavy atom. The molecule has 0 aliphatic carbocycles. The van der Waals surface area contributed by atoms with Crippen molar-refractivity contribution in [3.63, 3.8) is 0 Å². The van der Waals surface area contributed by atoms with Gasteiger partial charge in [-0.3, -0.25) is 9.69 Å². The minimum atomic E-state index is -0.0376. The third-order valence-electron chi connectivity index (χ3n) is 3.18. The Morgan fingerprint density at radius 1 is 1.53 bits per heavy atom. The Morgan fingerprint density at radius 2 is 2.41 bits per heavy atom. The molecular formula is C13H20N2O2. The van der Waals surface area contributed by atoms with E-state index in [9.17, 15) is 4.79 Å². The third-order valence-corrected chi connectivity index (χ3v) is 3.18. The van der Waals surface area contributed by atoms with Gasteiger partial charge in [0.05, 0.1) is 6.61 Å². The lowest BCUT2D eigenvalue weighted by molar-refractivity contribution is 0.111. The van der Waals surface area contributed by atoms with Crippen LogP contribution in [0.5, 0.6) is 0 Å². The normalized spacial score (nSPS) is 20.9. The molecule has 2 rings (SSSR count). The van der Waals surface area contributed by atoms with Gasteiger partial charge in [0, 0.05) is 32.0 Å². The molecule has 0 aromatic carbocycles. The fourth-order valence-corrected chi connectivity index (χ4v) is 2.28.